The van der Waals surface area contributed by atoms with Gasteiger partial charge in [0.05, 0.1) is 16.8 Å². The number of rotatable bonds is 3. The van der Waals surface area contributed by atoms with Gasteiger partial charge in [0.15, 0.2) is 0 Å². The van der Waals surface area contributed by atoms with Crippen LogP contribution in [0.4, 0.5) is 10.1 Å². The minimum atomic E-state index is -0.635. The minimum absolute atomic E-state index is 0.0200. The van der Waals surface area contributed by atoms with Crippen LogP contribution in [0, 0.1) is 12.7 Å². The SMILES string of the molecule is Cc1ccc(F)c(NC(=O)CN2C(=O)c3ccccc3C2=O)c1. The van der Waals surface area contributed by atoms with Crippen molar-refractivity contribution in [3.05, 3.63) is 65.0 Å². The summed E-state index contributed by atoms with van der Waals surface area (Å²) in [6.45, 7) is 1.30. The highest BCUT2D eigenvalue weighted by atomic mass is 19.1. The molecular weight excluding hydrogens is 299 g/mol. The number of hydrogen-bond acceptors (Lipinski definition) is 3. The van der Waals surface area contributed by atoms with Crippen LogP contribution in [0.5, 0.6) is 0 Å². The van der Waals surface area contributed by atoms with Crippen LogP contribution in [0.3, 0.4) is 0 Å². The van der Waals surface area contributed by atoms with Crippen molar-refractivity contribution in [2.24, 2.45) is 0 Å². The van der Waals surface area contributed by atoms with E-state index in [1.165, 1.54) is 24.3 Å². The maximum absolute atomic E-state index is 13.6. The highest BCUT2D eigenvalue weighted by Crippen LogP contribution is 2.22. The molecular formula is C17H13FN2O3. The molecule has 1 heterocycles. The number of anilines is 1. The zero-order valence-electron chi connectivity index (χ0n) is 12.3. The summed E-state index contributed by atoms with van der Waals surface area (Å²) in [6.07, 6.45) is 0. The number of halogens is 1. The first-order valence-corrected chi connectivity index (χ1v) is 6.98. The highest BCUT2D eigenvalue weighted by Gasteiger charge is 2.36. The predicted molar refractivity (Wildman–Crippen MR) is 81.6 cm³/mol. The Labute approximate surface area is 131 Å². The van der Waals surface area contributed by atoms with E-state index in [9.17, 15) is 18.8 Å². The largest absolute Gasteiger partial charge is 0.322 e. The highest BCUT2D eigenvalue weighted by molar-refractivity contribution is 6.22. The van der Waals surface area contributed by atoms with Crippen molar-refractivity contribution in [2.45, 2.75) is 6.92 Å². The number of carbonyl (C=O) groups is 3. The smallest absolute Gasteiger partial charge is 0.262 e. The van der Waals surface area contributed by atoms with Crippen LogP contribution in [0.15, 0.2) is 42.5 Å². The lowest BCUT2D eigenvalue weighted by molar-refractivity contribution is -0.116. The fraction of sp³-hybridized carbons (Fsp3) is 0.118. The van der Waals surface area contributed by atoms with E-state index < -0.39 is 30.1 Å². The van der Waals surface area contributed by atoms with Gasteiger partial charge in [0.1, 0.15) is 12.4 Å². The number of nitrogens with zero attached hydrogens (tertiary/aromatic N) is 1. The molecule has 3 amide bonds. The van der Waals surface area contributed by atoms with Crippen LogP contribution >= 0.6 is 0 Å². The lowest BCUT2D eigenvalue weighted by Crippen LogP contribution is -2.37. The molecule has 0 saturated carbocycles. The lowest BCUT2D eigenvalue weighted by Gasteiger charge is -2.14. The van der Waals surface area contributed by atoms with Crippen molar-refractivity contribution in [1.29, 1.82) is 0 Å². The lowest BCUT2D eigenvalue weighted by atomic mass is 10.1. The number of hydrogen-bond donors (Lipinski definition) is 1. The summed E-state index contributed by atoms with van der Waals surface area (Å²) in [5, 5.41) is 2.39. The zero-order chi connectivity index (χ0) is 16.6. The Hall–Kier alpha value is -3.02. The second-order valence-corrected chi connectivity index (χ2v) is 5.27. The van der Waals surface area contributed by atoms with Crippen LogP contribution in [0.2, 0.25) is 0 Å². The summed E-state index contributed by atoms with van der Waals surface area (Å²) in [5.41, 5.74) is 1.34. The van der Waals surface area contributed by atoms with E-state index in [-0.39, 0.29) is 16.8 Å². The Morgan fingerprint density at radius 3 is 2.30 bits per heavy atom. The molecule has 5 nitrogen and oxygen atoms in total. The van der Waals surface area contributed by atoms with Crippen molar-refractivity contribution in [2.75, 3.05) is 11.9 Å². The van der Waals surface area contributed by atoms with Gasteiger partial charge in [0.25, 0.3) is 11.8 Å². The normalized spacial score (nSPS) is 13.2. The number of aryl methyl sites for hydroxylation is 1. The van der Waals surface area contributed by atoms with Gasteiger partial charge in [-0.05, 0) is 36.8 Å². The third-order valence-electron chi connectivity index (χ3n) is 3.58. The molecule has 1 aliphatic heterocycles. The third kappa shape index (κ3) is 2.70. The summed E-state index contributed by atoms with van der Waals surface area (Å²) in [4.78, 5) is 37.2. The van der Waals surface area contributed by atoms with Crippen LogP contribution < -0.4 is 5.32 Å². The molecule has 0 radical (unpaired) electrons. The molecule has 23 heavy (non-hydrogen) atoms. The van der Waals surface area contributed by atoms with Gasteiger partial charge in [-0.1, -0.05) is 18.2 Å². The van der Waals surface area contributed by atoms with E-state index in [4.69, 9.17) is 0 Å². The molecule has 1 N–H and O–H groups in total. The van der Waals surface area contributed by atoms with Gasteiger partial charge in [0, 0.05) is 0 Å². The van der Waals surface area contributed by atoms with Crippen LogP contribution in [-0.2, 0) is 4.79 Å². The van der Waals surface area contributed by atoms with Gasteiger partial charge < -0.3 is 5.32 Å². The second kappa shape index (κ2) is 5.64. The Morgan fingerprint density at radius 1 is 1.09 bits per heavy atom. The van der Waals surface area contributed by atoms with E-state index in [2.05, 4.69) is 5.32 Å². The molecule has 0 fully saturated rings. The Kier molecular flexibility index (Phi) is 3.65. The van der Waals surface area contributed by atoms with Crippen molar-refractivity contribution >= 4 is 23.4 Å². The summed E-state index contributed by atoms with van der Waals surface area (Å²) in [7, 11) is 0. The molecule has 0 unspecified atom stereocenters. The molecule has 3 rings (SSSR count). The monoisotopic (exact) mass is 312 g/mol. The molecule has 0 atom stereocenters. The van der Waals surface area contributed by atoms with Crippen molar-refractivity contribution in [1.82, 2.24) is 4.90 Å². The Bertz CT molecular complexity index is 797. The van der Waals surface area contributed by atoms with Crippen LogP contribution in [0.1, 0.15) is 26.3 Å². The maximum atomic E-state index is 13.6. The minimum Gasteiger partial charge on any atom is -0.322 e. The molecule has 116 valence electrons. The zero-order valence-corrected chi connectivity index (χ0v) is 12.3. The van der Waals surface area contributed by atoms with Gasteiger partial charge in [-0.3, -0.25) is 19.3 Å². The van der Waals surface area contributed by atoms with E-state index in [1.54, 1.807) is 25.1 Å². The second-order valence-electron chi connectivity index (χ2n) is 5.27. The fourth-order valence-electron chi connectivity index (χ4n) is 2.45. The summed E-state index contributed by atoms with van der Waals surface area (Å²) < 4.78 is 13.6. The standard InChI is InChI=1S/C17H13FN2O3/c1-10-6-7-13(18)14(8-10)19-15(21)9-20-16(22)11-4-2-3-5-12(11)17(20)23/h2-8H,9H2,1H3,(H,19,21). The van der Waals surface area contributed by atoms with Crippen LogP contribution in [0.25, 0.3) is 0 Å². The molecule has 2 aromatic rings. The predicted octanol–water partition coefficient (Wildman–Crippen LogP) is 2.37. The molecule has 2 aromatic carbocycles. The molecule has 0 bridgehead atoms. The average molecular weight is 312 g/mol. The van der Waals surface area contributed by atoms with Gasteiger partial charge in [-0.2, -0.15) is 0 Å². The van der Waals surface area contributed by atoms with Crippen LogP contribution in [-0.4, -0.2) is 29.2 Å². The quantitative estimate of drug-likeness (QED) is 0.885. The summed E-state index contributed by atoms with van der Waals surface area (Å²) >= 11 is 0. The summed E-state index contributed by atoms with van der Waals surface area (Å²) in [5.74, 6) is -2.26. The van der Waals surface area contributed by atoms with Gasteiger partial charge in [-0.15, -0.1) is 0 Å². The molecule has 1 aliphatic rings. The van der Waals surface area contributed by atoms with Crippen molar-refractivity contribution in [3.8, 4) is 0 Å². The number of nitrogens with one attached hydrogen (secondary N) is 1. The van der Waals surface area contributed by atoms with Gasteiger partial charge >= 0.3 is 0 Å². The molecule has 0 saturated heterocycles. The third-order valence-corrected chi connectivity index (χ3v) is 3.58. The number of imide groups is 1. The average Bonchev–Trinajstić information content (AvgIpc) is 2.76. The van der Waals surface area contributed by atoms with E-state index in [1.807, 2.05) is 0 Å². The van der Waals surface area contributed by atoms with Gasteiger partial charge in [-0.25, -0.2) is 4.39 Å². The number of amides is 3. The van der Waals surface area contributed by atoms with E-state index >= 15 is 0 Å². The molecule has 6 heteroatoms. The number of fused-ring (bicyclic) bond motifs is 1. The van der Waals surface area contributed by atoms with Gasteiger partial charge in [0.2, 0.25) is 5.91 Å². The first-order chi connectivity index (χ1) is 11.0. The molecule has 0 aromatic heterocycles. The number of carbonyl (C=O) groups excluding carboxylic acids is 3. The number of benzene rings is 2. The Morgan fingerprint density at radius 2 is 1.70 bits per heavy atom. The molecule has 0 spiro atoms. The first-order valence-electron chi connectivity index (χ1n) is 6.98. The topological polar surface area (TPSA) is 66.5 Å². The van der Waals surface area contributed by atoms with E-state index in [0.717, 1.165) is 10.5 Å². The van der Waals surface area contributed by atoms with Crippen molar-refractivity contribution < 1.29 is 18.8 Å². The van der Waals surface area contributed by atoms with Crippen molar-refractivity contribution in [3.63, 3.8) is 0 Å². The molecule has 0 aliphatic carbocycles. The fourth-order valence-corrected chi connectivity index (χ4v) is 2.45. The van der Waals surface area contributed by atoms with E-state index in [0.29, 0.717) is 0 Å². The first kappa shape index (κ1) is 14.9. The Balaban J connectivity index is 1.76. The maximum Gasteiger partial charge on any atom is 0.262 e. The summed E-state index contributed by atoms with van der Waals surface area (Å²) in [6, 6.07) is 10.7.